The number of β-amino-alcohol motifs (C(OH)–C–C–N with tert-alkyl or cyclic N) is 1. The maximum absolute atomic E-state index is 10.8. The van der Waals surface area contributed by atoms with Gasteiger partial charge in [0.2, 0.25) is 0 Å². The summed E-state index contributed by atoms with van der Waals surface area (Å²) in [7, 11) is 0. The number of aliphatic carboxylic acids is 1. The van der Waals surface area contributed by atoms with E-state index in [1.54, 1.807) is 6.92 Å². The number of carboxylic acid groups (broad SMARTS) is 1. The Kier molecular flexibility index (Phi) is 3.73. The predicted octanol–water partition coefficient (Wildman–Crippen LogP) is 0.942. The molecule has 0 aromatic carbocycles. The Labute approximate surface area is 90.9 Å². The number of nitrogens with zero attached hydrogens (tertiary/aromatic N) is 1. The van der Waals surface area contributed by atoms with Crippen molar-refractivity contribution in [3.63, 3.8) is 0 Å². The van der Waals surface area contributed by atoms with E-state index in [4.69, 9.17) is 5.11 Å². The minimum absolute atomic E-state index is 0.000342. The molecule has 1 aliphatic rings. The summed E-state index contributed by atoms with van der Waals surface area (Å²) in [6, 6.07) is -0.000342. The maximum Gasteiger partial charge on any atom is 0.307 e. The van der Waals surface area contributed by atoms with Crippen molar-refractivity contribution in [1.29, 1.82) is 0 Å². The summed E-state index contributed by atoms with van der Waals surface area (Å²) >= 11 is 0. The highest BCUT2D eigenvalue weighted by Crippen LogP contribution is 2.29. The molecule has 0 saturated carbocycles. The molecule has 1 aliphatic heterocycles. The summed E-state index contributed by atoms with van der Waals surface area (Å²) in [5.41, 5.74) is -0.568. The van der Waals surface area contributed by atoms with Gasteiger partial charge < -0.3 is 10.2 Å². The van der Waals surface area contributed by atoms with E-state index in [0.29, 0.717) is 13.1 Å². The van der Waals surface area contributed by atoms with Crippen molar-refractivity contribution in [2.45, 2.75) is 45.3 Å². The van der Waals surface area contributed by atoms with Crippen LogP contribution < -0.4 is 0 Å². The average Bonchev–Trinajstić information content (AvgIpc) is 2.11. The molecule has 1 heterocycles. The molecule has 2 N–H and O–H groups in total. The third-order valence-corrected chi connectivity index (χ3v) is 3.40. The molecule has 1 rings (SSSR count). The summed E-state index contributed by atoms with van der Waals surface area (Å²) in [6.07, 6.45) is 1.77. The molecule has 2 atom stereocenters. The van der Waals surface area contributed by atoms with Crippen molar-refractivity contribution in [2.75, 3.05) is 13.1 Å². The predicted molar refractivity (Wildman–Crippen MR) is 57.7 cm³/mol. The van der Waals surface area contributed by atoms with Gasteiger partial charge >= 0.3 is 5.97 Å². The molecule has 88 valence electrons. The van der Waals surface area contributed by atoms with E-state index in [9.17, 15) is 9.90 Å². The van der Waals surface area contributed by atoms with Gasteiger partial charge in [-0.1, -0.05) is 20.3 Å². The molecule has 0 amide bonds. The Morgan fingerprint density at radius 2 is 2.00 bits per heavy atom. The van der Waals surface area contributed by atoms with Crippen LogP contribution in [0.2, 0.25) is 0 Å². The van der Waals surface area contributed by atoms with Gasteiger partial charge in [0.05, 0.1) is 11.5 Å². The van der Waals surface area contributed by atoms with E-state index in [1.165, 1.54) is 0 Å². The Morgan fingerprint density at radius 1 is 1.47 bits per heavy atom. The number of likely N-dealkylation sites (tertiary alicyclic amines) is 1. The number of hydrogen-bond acceptors (Lipinski definition) is 3. The van der Waals surface area contributed by atoms with Crippen LogP contribution in [0.4, 0.5) is 0 Å². The lowest BCUT2D eigenvalue weighted by Gasteiger charge is -2.50. The molecule has 4 heteroatoms. The number of hydrogen-bond donors (Lipinski definition) is 2. The fraction of sp³-hybridized carbons (Fsp3) is 0.909. The van der Waals surface area contributed by atoms with Crippen molar-refractivity contribution < 1.29 is 15.0 Å². The molecule has 0 spiro atoms. The Bertz CT molecular complexity index is 236. The van der Waals surface area contributed by atoms with E-state index in [1.807, 2.05) is 18.7 Å². The maximum atomic E-state index is 10.8. The van der Waals surface area contributed by atoms with Gasteiger partial charge in [-0.3, -0.25) is 9.69 Å². The van der Waals surface area contributed by atoms with Crippen LogP contribution >= 0.6 is 0 Å². The highest BCUT2D eigenvalue weighted by atomic mass is 16.4. The van der Waals surface area contributed by atoms with E-state index in [2.05, 4.69) is 0 Å². The van der Waals surface area contributed by atoms with Gasteiger partial charge in [-0.05, 0) is 13.3 Å². The zero-order valence-electron chi connectivity index (χ0n) is 9.73. The highest BCUT2D eigenvalue weighted by molar-refractivity contribution is 5.70. The summed E-state index contributed by atoms with van der Waals surface area (Å²) in [4.78, 5) is 12.8. The third kappa shape index (κ3) is 2.69. The molecule has 0 radical (unpaired) electrons. The standard InChI is InChI=1S/C11H21NO3/c1-4-5-11(15)6-12(7-11)9(3)8(2)10(13)14/h8-9,15H,4-7H2,1-3H3,(H,13,14). The molecule has 0 aromatic heterocycles. The smallest absolute Gasteiger partial charge is 0.307 e. The molecule has 15 heavy (non-hydrogen) atoms. The Balaban J connectivity index is 2.41. The van der Waals surface area contributed by atoms with Crippen molar-refractivity contribution in [2.24, 2.45) is 5.92 Å². The first-order valence-electron chi connectivity index (χ1n) is 5.59. The zero-order valence-corrected chi connectivity index (χ0v) is 9.73. The second kappa shape index (κ2) is 4.49. The van der Waals surface area contributed by atoms with Crippen LogP contribution in [-0.2, 0) is 4.79 Å². The van der Waals surface area contributed by atoms with E-state index >= 15 is 0 Å². The molecule has 1 fully saturated rings. The van der Waals surface area contributed by atoms with Gasteiger partial charge in [0.25, 0.3) is 0 Å². The van der Waals surface area contributed by atoms with Crippen LogP contribution in [0.15, 0.2) is 0 Å². The number of aliphatic hydroxyl groups is 1. The summed E-state index contributed by atoms with van der Waals surface area (Å²) in [6.45, 7) is 6.89. The van der Waals surface area contributed by atoms with Gasteiger partial charge in [-0.25, -0.2) is 0 Å². The van der Waals surface area contributed by atoms with Crippen molar-refractivity contribution in [3.8, 4) is 0 Å². The first-order valence-corrected chi connectivity index (χ1v) is 5.59. The minimum Gasteiger partial charge on any atom is -0.481 e. The Hall–Kier alpha value is -0.610. The van der Waals surface area contributed by atoms with Gasteiger partial charge in [-0.2, -0.15) is 0 Å². The SMILES string of the molecule is CCCC1(O)CN(C(C)C(C)C(=O)O)C1. The van der Waals surface area contributed by atoms with Crippen LogP contribution in [0.5, 0.6) is 0 Å². The topological polar surface area (TPSA) is 60.8 Å². The van der Waals surface area contributed by atoms with Crippen LogP contribution in [0.3, 0.4) is 0 Å². The molecular formula is C11H21NO3. The molecule has 4 nitrogen and oxygen atoms in total. The minimum atomic E-state index is -0.770. The van der Waals surface area contributed by atoms with E-state index in [0.717, 1.165) is 12.8 Å². The fourth-order valence-electron chi connectivity index (χ4n) is 2.14. The van der Waals surface area contributed by atoms with Crippen molar-refractivity contribution in [1.82, 2.24) is 4.90 Å². The average molecular weight is 215 g/mol. The van der Waals surface area contributed by atoms with E-state index in [-0.39, 0.29) is 12.0 Å². The summed E-state index contributed by atoms with van der Waals surface area (Å²) in [5.74, 6) is -1.15. The lowest BCUT2D eigenvalue weighted by atomic mass is 9.86. The van der Waals surface area contributed by atoms with Crippen LogP contribution in [-0.4, -0.2) is 45.8 Å². The second-order valence-electron chi connectivity index (χ2n) is 4.75. The molecule has 1 saturated heterocycles. The molecule has 0 aliphatic carbocycles. The quantitative estimate of drug-likeness (QED) is 0.716. The fourth-order valence-corrected chi connectivity index (χ4v) is 2.14. The number of carbonyl (C=O) groups is 1. The molecular weight excluding hydrogens is 194 g/mol. The Morgan fingerprint density at radius 3 is 2.40 bits per heavy atom. The zero-order chi connectivity index (χ0) is 11.6. The summed E-state index contributed by atoms with van der Waals surface area (Å²) in [5, 5.41) is 18.8. The third-order valence-electron chi connectivity index (χ3n) is 3.40. The summed E-state index contributed by atoms with van der Waals surface area (Å²) < 4.78 is 0. The monoisotopic (exact) mass is 215 g/mol. The number of rotatable bonds is 5. The van der Waals surface area contributed by atoms with Gasteiger partial charge in [0.1, 0.15) is 0 Å². The highest BCUT2D eigenvalue weighted by Gasteiger charge is 2.43. The van der Waals surface area contributed by atoms with Gasteiger partial charge in [0, 0.05) is 19.1 Å². The first-order chi connectivity index (χ1) is 6.89. The van der Waals surface area contributed by atoms with Gasteiger partial charge in [0.15, 0.2) is 0 Å². The van der Waals surface area contributed by atoms with Crippen LogP contribution in [0, 0.1) is 5.92 Å². The first kappa shape index (κ1) is 12.5. The normalized spacial score (nSPS) is 24.3. The lowest BCUT2D eigenvalue weighted by molar-refractivity contribution is -0.152. The van der Waals surface area contributed by atoms with Gasteiger partial charge in [-0.15, -0.1) is 0 Å². The molecule has 0 bridgehead atoms. The number of carboxylic acids is 1. The van der Waals surface area contributed by atoms with Crippen LogP contribution in [0.25, 0.3) is 0 Å². The van der Waals surface area contributed by atoms with Crippen molar-refractivity contribution in [3.05, 3.63) is 0 Å². The second-order valence-corrected chi connectivity index (χ2v) is 4.75. The van der Waals surface area contributed by atoms with E-state index < -0.39 is 11.6 Å². The molecule has 0 aromatic rings. The van der Waals surface area contributed by atoms with Crippen LogP contribution in [0.1, 0.15) is 33.6 Å². The molecule has 2 unspecified atom stereocenters. The lowest BCUT2D eigenvalue weighted by Crippen LogP contribution is -2.65. The largest absolute Gasteiger partial charge is 0.481 e. The van der Waals surface area contributed by atoms with Crippen molar-refractivity contribution >= 4 is 5.97 Å².